The van der Waals surface area contributed by atoms with Gasteiger partial charge in [-0.1, -0.05) is 0 Å². The van der Waals surface area contributed by atoms with E-state index in [2.05, 4.69) is 9.72 Å². The number of nitrogens with one attached hydrogen (secondary N) is 1. The molecule has 2 aromatic rings. The van der Waals surface area contributed by atoms with E-state index < -0.39 is 17.9 Å². The van der Waals surface area contributed by atoms with Crippen molar-refractivity contribution in [1.29, 1.82) is 0 Å². The van der Waals surface area contributed by atoms with Crippen LogP contribution in [0.5, 0.6) is 5.75 Å². The summed E-state index contributed by atoms with van der Waals surface area (Å²) in [6, 6.07) is 3.06. The van der Waals surface area contributed by atoms with Gasteiger partial charge in [0.15, 0.2) is 11.6 Å². The summed E-state index contributed by atoms with van der Waals surface area (Å²) in [5, 5.41) is 0.250. The van der Waals surface area contributed by atoms with Crippen molar-refractivity contribution in [2.45, 2.75) is 25.2 Å². The first-order valence-electron chi connectivity index (χ1n) is 7.36. The number of halogens is 4. The van der Waals surface area contributed by atoms with Crippen LogP contribution in [-0.4, -0.2) is 41.3 Å². The van der Waals surface area contributed by atoms with E-state index in [0.717, 1.165) is 25.0 Å². The predicted octanol–water partition coefficient (Wildman–Crippen LogP) is 2.77. The maximum absolute atomic E-state index is 13.7. The third-order valence-electron chi connectivity index (χ3n) is 3.87. The maximum Gasteiger partial charge on any atom is 0.573 e. The molecule has 0 aliphatic carbocycles. The van der Waals surface area contributed by atoms with Gasteiger partial charge in [0, 0.05) is 36.1 Å². The Morgan fingerprint density at radius 1 is 1.33 bits per heavy atom. The number of rotatable bonds is 2. The molecule has 0 bridgehead atoms. The van der Waals surface area contributed by atoms with Gasteiger partial charge in [-0.25, -0.2) is 4.39 Å². The highest BCUT2D eigenvalue weighted by Gasteiger charge is 2.32. The standard InChI is InChI=1S/C15H15F4N3O2/c16-10-6-11-8(5-13(10)24-15(17,18)19)4-12(21-11)14(23)22-3-1-2-9(20)7-22/h4-6,9,21H,1-3,7,20H2/t9-/m1/s1. The highest BCUT2D eigenvalue weighted by Crippen LogP contribution is 2.30. The smallest absolute Gasteiger partial charge is 0.403 e. The molecule has 1 aliphatic heterocycles. The van der Waals surface area contributed by atoms with E-state index in [1.54, 1.807) is 4.90 Å². The Hall–Kier alpha value is -2.29. The van der Waals surface area contributed by atoms with Crippen LogP contribution in [-0.2, 0) is 0 Å². The van der Waals surface area contributed by atoms with Gasteiger partial charge in [-0.2, -0.15) is 0 Å². The second-order valence-electron chi connectivity index (χ2n) is 5.75. The fraction of sp³-hybridized carbons (Fsp3) is 0.400. The molecule has 1 aromatic carbocycles. The number of hydrogen-bond acceptors (Lipinski definition) is 3. The van der Waals surface area contributed by atoms with Crippen molar-refractivity contribution < 1.29 is 27.1 Å². The molecule has 1 atom stereocenters. The lowest BCUT2D eigenvalue weighted by atomic mass is 10.1. The largest absolute Gasteiger partial charge is 0.573 e. The number of carbonyl (C=O) groups is 1. The Bertz CT molecular complexity index is 772. The van der Waals surface area contributed by atoms with Crippen LogP contribution in [0.2, 0.25) is 0 Å². The second kappa shape index (κ2) is 5.97. The molecule has 1 saturated heterocycles. The third-order valence-corrected chi connectivity index (χ3v) is 3.87. The van der Waals surface area contributed by atoms with Gasteiger partial charge in [0.05, 0.1) is 0 Å². The van der Waals surface area contributed by atoms with Crippen LogP contribution in [0.25, 0.3) is 10.9 Å². The first kappa shape index (κ1) is 16.6. The number of aromatic amines is 1. The van der Waals surface area contributed by atoms with Crippen LogP contribution >= 0.6 is 0 Å². The molecule has 1 aromatic heterocycles. The van der Waals surface area contributed by atoms with Crippen molar-refractivity contribution in [3.63, 3.8) is 0 Å². The van der Waals surface area contributed by atoms with Crippen LogP contribution in [0.1, 0.15) is 23.3 Å². The summed E-state index contributed by atoms with van der Waals surface area (Å²) in [6.45, 7) is 0.962. The number of ether oxygens (including phenoxy) is 1. The van der Waals surface area contributed by atoms with E-state index in [9.17, 15) is 22.4 Å². The number of aromatic nitrogens is 1. The zero-order chi connectivity index (χ0) is 17.5. The highest BCUT2D eigenvalue weighted by molar-refractivity contribution is 5.98. The average Bonchev–Trinajstić information content (AvgIpc) is 2.88. The summed E-state index contributed by atoms with van der Waals surface area (Å²) in [4.78, 5) is 16.7. The van der Waals surface area contributed by atoms with Gasteiger partial charge >= 0.3 is 6.36 Å². The van der Waals surface area contributed by atoms with E-state index in [4.69, 9.17) is 5.73 Å². The Morgan fingerprint density at radius 2 is 2.08 bits per heavy atom. The summed E-state index contributed by atoms with van der Waals surface area (Å²) in [6.07, 6.45) is -3.38. The molecule has 0 spiro atoms. The number of nitrogens with two attached hydrogens (primary N) is 1. The van der Waals surface area contributed by atoms with Gasteiger partial charge in [0.1, 0.15) is 5.69 Å². The van der Waals surface area contributed by atoms with Crippen LogP contribution < -0.4 is 10.5 Å². The van der Waals surface area contributed by atoms with Crippen LogP contribution in [0.15, 0.2) is 18.2 Å². The van der Waals surface area contributed by atoms with Crippen molar-refractivity contribution in [2.75, 3.05) is 13.1 Å². The van der Waals surface area contributed by atoms with E-state index in [1.165, 1.54) is 6.07 Å². The first-order chi connectivity index (χ1) is 11.2. The number of nitrogens with zero attached hydrogens (tertiary/aromatic N) is 1. The second-order valence-corrected chi connectivity index (χ2v) is 5.75. The average molecular weight is 345 g/mol. The van der Waals surface area contributed by atoms with E-state index in [0.29, 0.717) is 13.1 Å². The fourth-order valence-electron chi connectivity index (χ4n) is 2.82. The predicted molar refractivity (Wildman–Crippen MR) is 78.1 cm³/mol. The number of carbonyl (C=O) groups excluding carboxylic acids is 1. The SMILES string of the molecule is N[C@@H]1CCCN(C(=O)c2cc3cc(OC(F)(F)F)c(F)cc3[nH]2)C1. The molecule has 0 saturated carbocycles. The molecule has 9 heteroatoms. The van der Waals surface area contributed by atoms with Gasteiger partial charge in [-0.05, 0) is 25.0 Å². The zero-order valence-electron chi connectivity index (χ0n) is 12.5. The molecule has 5 nitrogen and oxygen atoms in total. The number of amides is 1. The topological polar surface area (TPSA) is 71.3 Å². The number of likely N-dealkylation sites (tertiary alicyclic amines) is 1. The zero-order valence-corrected chi connectivity index (χ0v) is 12.5. The monoisotopic (exact) mass is 345 g/mol. The lowest BCUT2D eigenvalue weighted by Crippen LogP contribution is -2.45. The minimum atomic E-state index is -4.99. The third kappa shape index (κ3) is 3.45. The summed E-state index contributed by atoms with van der Waals surface area (Å²) in [5.41, 5.74) is 6.22. The van der Waals surface area contributed by atoms with Crippen molar-refractivity contribution in [2.24, 2.45) is 5.73 Å². The summed E-state index contributed by atoms with van der Waals surface area (Å²) < 4.78 is 54.1. The maximum atomic E-state index is 13.7. The van der Waals surface area contributed by atoms with E-state index in [-0.39, 0.29) is 28.5 Å². The number of piperidine rings is 1. The van der Waals surface area contributed by atoms with Crippen LogP contribution in [0.4, 0.5) is 17.6 Å². The molecule has 2 heterocycles. The van der Waals surface area contributed by atoms with Crippen molar-refractivity contribution in [3.05, 3.63) is 29.7 Å². The van der Waals surface area contributed by atoms with E-state index in [1.807, 2.05) is 0 Å². The number of H-pyrrole nitrogens is 1. The van der Waals surface area contributed by atoms with Crippen molar-refractivity contribution >= 4 is 16.8 Å². The summed E-state index contributed by atoms with van der Waals surface area (Å²) in [5.74, 6) is -2.42. The Balaban J connectivity index is 1.89. The van der Waals surface area contributed by atoms with Crippen molar-refractivity contribution in [1.82, 2.24) is 9.88 Å². The Labute approximate surface area is 134 Å². The number of hydrogen-bond donors (Lipinski definition) is 2. The summed E-state index contributed by atoms with van der Waals surface area (Å²) >= 11 is 0. The lowest BCUT2D eigenvalue weighted by molar-refractivity contribution is -0.275. The first-order valence-corrected chi connectivity index (χ1v) is 7.36. The minimum absolute atomic E-state index is 0.101. The van der Waals surface area contributed by atoms with Gasteiger partial charge < -0.3 is 20.4 Å². The highest BCUT2D eigenvalue weighted by atomic mass is 19.4. The molecule has 0 unspecified atom stereocenters. The van der Waals surface area contributed by atoms with Crippen molar-refractivity contribution in [3.8, 4) is 5.75 Å². The molecular formula is C15H15F4N3O2. The molecule has 3 N–H and O–H groups in total. The molecule has 1 aliphatic rings. The number of alkyl halides is 3. The fourth-order valence-corrected chi connectivity index (χ4v) is 2.82. The normalized spacial score (nSPS) is 18.9. The molecule has 3 rings (SSSR count). The number of benzene rings is 1. The summed E-state index contributed by atoms with van der Waals surface area (Å²) in [7, 11) is 0. The number of fused-ring (bicyclic) bond motifs is 1. The van der Waals surface area contributed by atoms with Crippen LogP contribution in [0.3, 0.4) is 0 Å². The minimum Gasteiger partial charge on any atom is -0.403 e. The van der Waals surface area contributed by atoms with Gasteiger partial charge in [-0.3, -0.25) is 4.79 Å². The molecule has 1 amide bonds. The van der Waals surface area contributed by atoms with Gasteiger partial charge in [-0.15, -0.1) is 13.2 Å². The lowest BCUT2D eigenvalue weighted by Gasteiger charge is -2.30. The van der Waals surface area contributed by atoms with Gasteiger partial charge in [0.25, 0.3) is 5.91 Å². The van der Waals surface area contributed by atoms with Gasteiger partial charge in [0.2, 0.25) is 0 Å². The van der Waals surface area contributed by atoms with E-state index >= 15 is 0 Å². The quantitative estimate of drug-likeness (QED) is 0.822. The molecule has 130 valence electrons. The Kier molecular flexibility index (Phi) is 4.12. The molecule has 1 fully saturated rings. The van der Waals surface area contributed by atoms with Crippen LogP contribution in [0, 0.1) is 5.82 Å². The molecule has 0 radical (unpaired) electrons. The molecular weight excluding hydrogens is 330 g/mol. The molecule has 24 heavy (non-hydrogen) atoms. The Morgan fingerprint density at radius 3 is 2.75 bits per heavy atom.